The Morgan fingerprint density at radius 3 is 1.76 bits per heavy atom. The third-order valence-electron chi connectivity index (χ3n) is 7.93. The largest absolute Gasteiger partial charge is 0.389 e. The monoisotopic (exact) mass is 437 g/mol. The lowest BCUT2D eigenvalue weighted by molar-refractivity contribution is 0.0101. The van der Waals surface area contributed by atoms with E-state index in [9.17, 15) is 20.1 Å². The molecule has 5 aromatic rings. The number of rotatable bonds is 0. The summed E-state index contributed by atoms with van der Waals surface area (Å²) < 4.78 is 3.92. The van der Waals surface area contributed by atoms with Crippen molar-refractivity contribution >= 4 is 55.2 Å². The standard InChI is InChI=1S/C26H19N3O4/c1-10-15-16-11-6-2-4-8-13(11)28-19(16)20-17(18(15)26(33)27-10)12-7-3-5-9-14(12)29(20)22-23(30)21(28)24(31)25(22)32/h2-9,21-25,30-32H,1H2,(H,27,33)/t21?,22?,23-,24+,25-/m1/s1. The summed E-state index contributed by atoms with van der Waals surface area (Å²) in [5, 5.41) is 40.2. The highest BCUT2D eigenvalue weighted by Crippen LogP contribution is 2.54. The molecule has 3 aliphatic rings. The molecule has 0 radical (unpaired) electrons. The SMILES string of the molecule is C=C1NC(=O)c2c1c1c3ccccc3n3c1c1c2c2ccccc2n1C1[C@H](O)C3[C@H](O)[C@@H]1O. The Hall–Kier alpha value is -3.65. The molecule has 7 nitrogen and oxygen atoms in total. The maximum absolute atomic E-state index is 13.2. The van der Waals surface area contributed by atoms with Crippen LogP contribution in [0.1, 0.15) is 28.0 Å². The molecule has 4 heterocycles. The van der Waals surface area contributed by atoms with Gasteiger partial charge in [-0.3, -0.25) is 4.79 Å². The Balaban J connectivity index is 1.80. The van der Waals surface area contributed by atoms with Crippen molar-refractivity contribution in [1.82, 2.24) is 14.5 Å². The van der Waals surface area contributed by atoms with Crippen LogP contribution in [0.25, 0.3) is 49.3 Å². The van der Waals surface area contributed by atoms with Gasteiger partial charge in [-0.25, -0.2) is 0 Å². The van der Waals surface area contributed by atoms with Crippen molar-refractivity contribution in [2.75, 3.05) is 0 Å². The molecule has 1 saturated carbocycles. The second kappa shape index (κ2) is 5.46. The summed E-state index contributed by atoms with van der Waals surface area (Å²) >= 11 is 0. The number of hydrogen-bond acceptors (Lipinski definition) is 4. The van der Waals surface area contributed by atoms with E-state index in [1.807, 2.05) is 57.7 Å². The molecular formula is C26H19N3O4. The topological polar surface area (TPSA) is 99.7 Å². The lowest BCUT2D eigenvalue weighted by atomic mass is 9.96. The maximum Gasteiger partial charge on any atom is 0.257 e. The van der Waals surface area contributed by atoms with Crippen LogP contribution >= 0.6 is 0 Å². The van der Waals surface area contributed by atoms with Crippen LogP contribution in [0.15, 0.2) is 55.1 Å². The number of nitrogens with one attached hydrogen (secondary N) is 1. The Morgan fingerprint density at radius 1 is 0.727 bits per heavy atom. The number of carbonyl (C=O) groups excluding carboxylic acids is 1. The predicted molar refractivity (Wildman–Crippen MR) is 125 cm³/mol. The van der Waals surface area contributed by atoms with E-state index >= 15 is 0 Å². The summed E-state index contributed by atoms with van der Waals surface area (Å²) in [5.41, 5.74) is 5.17. The second-order valence-corrected chi connectivity index (χ2v) is 9.36. The predicted octanol–water partition coefficient (Wildman–Crippen LogP) is 2.81. The minimum absolute atomic E-state index is 0.202. The van der Waals surface area contributed by atoms with Gasteiger partial charge in [0.25, 0.3) is 5.91 Å². The van der Waals surface area contributed by atoms with Crippen LogP contribution in [0.2, 0.25) is 0 Å². The minimum Gasteiger partial charge on any atom is -0.389 e. The zero-order chi connectivity index (χ0) is 22.3. The van der Waals surface area contributed by atoms with E-state index in [0.29, 0.717) is 11.3 Å². The van der Waals surface area contributed by atoms with Crippen molar-refractivity contribution in [3.8, 4) is 0 Å². The number of para-hydroxylation sites is 2. The van der Waals surface area contributed by atoms with Crippen LogP contribution in [-0.4, -0.2) is 48.7 Å². The maximum atomic E-state index is 13.2. The van der Waals surface area contributed by atoms with Gasteiger partial charge in [0.2, 0.25) is 0 Å². The Labute approximate surface area is 186 Å². The van der Waals surface area contributed by atoms with E-state index in [-0.39, 0.29) is 5.91 Å². The van der Waals surface area contributed by atoms with Crippen molar-refractivity contribution < 1.29 is 20.1 Å². The Bertz CT molecular complexity index is 1630. The molecule has 0 saturated heterocycles. The van der Waals surface area contributed by atoms with Gasteiger partial charge < -0.3 is 29.8 Å². The van der Waals surface area contributed by atoms with Crippen molar-refractivity contribution in [3.05, 3.63) is 66.2 Å². The number of nitrogens with zero attached hydrogens (tertiary/aromatic N) is 2. The minimum atomic E-state index is -1.16. The summed E-state index contributed by atoms with van der Waals surface area (Å²) in [4.78, 5) is 13.2. The number of aliphatic hydroxyl groups is 3. The Kier molecular flexibility index (Phi) is 2.95. The molecule has 2 aromatic heterocycles. The number of aromatic nitrogens is 2. The molecule has 2 bridgehead atoms. The molecule has 1 fully saturated rings. The average molecular weight is 437 g/mol. The quantitative estimate of drug-likeness (QED) is 0.299. The number of amides is 1. The highest BCUT2D eigenvalue weighted by atomic mass is 16.3. The first-order valence-electron chi connectivity index (χ1n) is 11.1. The van der Waals surface area contributed by atoms with Crippen LogP contribution in [0.5, 0.6) is 0 Å². The van der Waals surface area contributed by atoms with Crippen molar-refractivity contribution in [3.63, 3.8) is 0 Å². The average Bonchev–Trinajstić information content (AvgIpc) is 3.44. The second-order valence-electron chi connectivity index (χ2n) is 9.36. The molecule has 2 unspecified atom stereocenters. The molecule has 162 valence electrons. The zero-order valence-corrected chi connectivity index (χ0v) is 17.4. The summed E-state index contributed by atoms with van der Waals surface area (Å²) in [7, 11) is 0. The number of carbonyl (C=O) groups is 1. The fourth-order valence-electron chi connectivity index (χ4n) is 6.78. The van der Waals surface area contributed by atoms with Crippen molar-refractivity contribution in [1.29, 1.82) is 0 Å². The molecule has 7 heteroatoms. The van der Waals surface area contributed by atoms with Gasteiger partial charge in [0.15, 0.2) is 0 Å². The van der Waals surface area contributed by atoms with Gasteiger partial charge in [0.05, 0.1) is 28.7 Å². The van der Waals surface area contributed by atoms with Gasteiger partial charge in [0.1, 0.15) is 18.3 Å². The lowest BCUT2D eigenvalue weighted by Crippen LogP contribution is -2.31. The van der Waals surface area contributed by atoms with E-state index in [4.69, 9.17) is 0 Å². The van der Waals surface area contributed by atoms with Gasteiger partial charge in [-0.05, 0) is 12.1 Å². The first-order valence-corrected chi connectivity index (χ1v) is 11.1. The molecule has 1 aliphatic carbocycles. The van der Waals surface area contributed by atoms with E-state index in [1.54, 1.807) is 0 Å². The van der Waals surface area contributed by atoms with Gasteiger partial charge in [-0.2, -0.15) is 0 Å². The summed E-state index contributed by atoms with van der Waals surface area (Å²) in [6.07, 6.45) is -3.33. The molecule has 1 amide bonds. The lowest BCUT2D eigenvalue weighted by Gasteiger charge is -2.23. The number of benzene rings is 3. The third-order valence-corrected chi connectivity index (χ3v) is 7.93. The zero-order valence-electron chi connectivity index (χ0n) is 17.4. The van der Waals surface area contributed by atoms with E-state index in [0.717, 1.165) is 49.2 Å². The molecule has 5 atom stereocenters. The first-order chi connectivity index (χ1) is 16.0. The fourth-order valence-corrected chi connectivity index (χ4v) is 6.78. The van der Waals surface area contributed by atoms with Gasteiger partial charge in [-0.15, -0.1) is 0 Å². The number of fused-ring (bicyclic) bond motifs is 13. The van der Waals surface area contributed by atoms with E-state index in [2.05, 4.69) is 11.9 Å². The van der Waals surface area contributed by atoms with Gasteiger partial charge >= 0.3 is 0 Å². The van der Waals surface area contributed by atoms with Crippen LogP contribution < -0.4 is 5.32 Å². The smallest absolute Gasteiger partial charge is 0.257 e. The number of hydrogen-bond donors (Lipinski definition) is 4. The van der Waals surface area contributed by atoms with E-state index < -0.39 is 30.4 Å². The van der Waals surface area contributed by atoms with Crippen LogP contribution in [0.3, 0.4) is 0 Å². The molecule has 0 spiro atoms. The highest BCUT2D eigenvalue weighted by Gasteiger charge is 2.54. The number of aliphatic hydroxyl groups excluding tert-OH is 3. The highest BCUT2D eigenvalue weighted by molar-refractivity contribution is 6.34. The normalized spacial score (nSPS) is 27.9. The van der Waals surface area contributed by atoms with Gasteiger partial charge in [-0.1, -0.05) is 43.0 Å². The fraction of sp³-hybridized carbons (Fsp3) is 0.192. The van der Waals surface area contributed by atoms with Crippen LogP contribution in [-0.2, 0) is 0 Å². The molecule has 2 aliphatic heterocycles. The van der Waals surface area contributed by atoms with E-state index in [1.165, 1.54) is 0 Å². The Morgan fingerprint density at radius 2 is 1.21 bits per heavy atom. The van der Waals surface area contributed by atoms with Crippen LogP contribution in [0.4, 0.5) is 0 Å². The van der Waals surface area contributed by atoms with Crippen LogP contribution in [0, 0.1) is 0 Å². The summed E-state index contributed by atoms with van der Waals surface area (Å²) in [6.45, 7) is 4.15. The molecule has 33 heavy (non-hydrogen) atoms. The van der Waals surface area contributed by atoms with Crippen molar-refractivity contribution in [2.24, 2.45) is 0 Å². The van der Waals surface area contributed by atoms with Gasteiger partial charge in [0, 0.05) is 43.8 Å². The summed E-state index contributed by atoms with van der Waals surface area (Å²) in [5.74, 6) is -0.202. The molecule has 8 rings (SSSR count). The first kappa shape index (κ1) is 17.9. The molecular weight excluding hydrogens is 418 g/mol. The molecule has 4 N–H and O–H groups in total. The summed E-state index contributed by atoms with van der Waals surface area (Å²) in [6, 6.07) is 14.1. The molecule has 3 aromatic carbocycles. The third kappa shape index (κ3) is 1.74. The van der Waals surface area contributed by atoms with Crippen molar-refractivity contribution in [2.45, 2.75) is 30.4 Å².